The fourth-order valence-corrected chi connectivity index (χ4v) is 5.05. The average Bonchev–Trinajstić information content (AvgIpc) is 3.33. The zero-order valence-corrected chi connectivity index (χ0v) is 19.9. The number of aliphatic hydroxyl groups is 1. The van der Waals surface area contributed by atoms with Gasteiger partial charge in [0.2, 0.25) is 5.78 Å². The summed E-state index contributed by atoms with van der Waals surface area (Å²) in [5.41, 5.74) is 2.10. The molecule has 0 radical (unpaired) electrons. The highest BCUT2D eigenvalue weighted by molar-refractivity contribution is 7.17. The number of rotatable bonds is 7. The van der Waals surface area contributed by atoms with Crippen molar-refractivity contribution in [3.8, 4) is 16.3 Å². The number of thiazole rings is 1. The molecule has 1 atom stereocenters. The van der Waals surface area contributed by atoms with Gasteiger partial charge in [0.1, 0.15) is 10.8 Å². The first-order valence-electron chi connectivity index (χ1n) is 10.9. The molecule has 1 amide bonds. The highest BCUT2D eigenvalue weighted by Gasteiger charge is 2.44. The Kier molecular flexibility index (Phi) is 6.61. The summed E-state index contributed by atoms with van der Waals surface area (Å²) >= 11 is 1.24. The second kappa shape index (κ2) is 9.61. The minimum Gasteiger partial charge on any atom is -0.503 e. The molecule has 1 N–H and O–H groups in total. The highest BCUT2D eigenvalue weighted by Crippen LogP contribution is 2.41. The number of ketones is 1. The molecule has 7 nitrogen and oxygen atoms in total. The number of hydrogen-bond acceptors (Lipinski definition) is 7. The molecule has 1 aromatic heterocycles. The summed E-state index contributed by atoms with van der Waals surface area (Å²) in [6, 6.07) is 15.4. The molecule has 0 saturated carbocycles. The van der Waals surface area contributed by atoms with Crippen LogP contribution < -0.4 is 4.74 Å². The lowest BCUT2D eigenvalue weighted by Crippen LogP contribution is -2.31. The van der Waals surface area contributed by atoms with Gasteiger partial charge in [-0.3, -0.25) is 14.4 Å². The summed E-state index contributed by atoms with van der Waals surface area (Å²) in [4.78, 5) is 44.3. The lowest BCUT2D eigenvalue weighted by Gasteiger charge is -2.26. The molecular weight excluding hydrogens is 452 g/mol. The number of Topliss-reactive ketones (excluding diaryl/α,β-unsaturated/α-hetero) is 1. The fraction of sp³-hybridized carbons (Fsp3) is 0.231. The monoisotopic (exact) mass is 476 g/mol. The maximum absolute atomic E-state index is 13.7. The summed E-state index contributed by atoms with van der Waals surface area (Å²) in [7, 11) is 0. The number of benzene rings is 2. The van der Waals surface area contributed by atoms with Gasteiger partial charge in [-0.05, 0) is 31.0 Å². The van der Waals surface area contributed by atoms with Crippen molar-refractivity contribution in [1.29, 1.82) is 0 Å². The first kappa shape index (κ1) is 23.4. The van der Waals surface area contributed by atoms with Crippen LogP contribution in [0.3, 0.4) is 0 Å². The number of carbonyl (C=O) groups excluding carboxylic acids is 3. The van der Waals surface area contributed by atoms with E-state index in [-0.39, 0.29) is 5.57 Å². The predicted molar refractivity (Wildman–Crippen MR) is 129 cm³/mol. The summed E-state index contributed by atoms with van der Waals surface area (Å²) < 4.78 is 5.10. The number of esters is 1. The van der Waals surface area contributed by atoms with Crippen LogP contribution in [0.4, 0.5) is 0 Å². The third-order valence-electron chi connectivity index (χ3n) is 5.49. The van der Waals surface area contributed by atoms with Crippen LogP contribution in [-0.4, -0.2) is 39.2 Å². The number of aliphatic hydroxyl groups excluding tert-OH is 1. The van der Waals surface area contributed by atoms with Gasteiger partial charge in [-0.25, -0.2) is 4.98 Å². The third kappa shape index (κ3) is 4.36. The zero-order chi connectivity index (χ0) is 24.4. The molecule has 174 valence electrons. The topological polar surface area (TPSA) is 96.8 Å². The number of aromatic nitrogens is 1. The second-order valence-corrected chi connectivity index (χ2v) is 8.95. The lowest BCUT2D eigenvalue weighted by molar-refractivity contribution is -0.132. The summed E-state index contributed by atoms with van der Waals surface area (Å²) in [6.45, 7) is 5.35. The van der Waals surface area contributed by atoms with Gasteiger partial charge in [0.05, 0.1) is 22.2 Å². The standard InChI is InChI=1S/C26H24N2O5S/c1-4-14-28-21(17-10-12-19(13-11-17)33-16(3)29)20(23(31)26(28)32)22(30)24-15(2)27-25(34-24)18-8-6-5-7-9-18/h5-13,21,31H,4,14H2,1-3H3. The van der Waals surface area contributed by atoms with Crippen LogP contribution in [0.25, 0.3) is 10.6 Å². The quantitative estimate of drug-likeness (QED) is 0.292. The molecule has 4 rings (SSSR count). The van der Waals surface area contributed by atoms with Crippen LogP contribution in [0.15, 0.2) is 65.9 Å². The molecule has 0 saturated heterocycles. The molecule has 2 aromatic carbocycles. The summed E-state index contributed by atoms with van der Waals surface area (Å²) in [6.07, 6.45) is 0.653. The Morgan fingerprint density at radius 2 is 1.79 bits per heavy atom. The van der Waals surface area contributed by atoms with Gasteiger partial charge < -0.3 is 14.7 Å². The molecule has 1 aliphatic heterocycles. The number of ether oxygens (including phenoxy) is 1. The van der Waals surface area contributed by atoms with Crippen LogP contribution in [-0.2, 0) is 9.59 Å². The van der Waals surface area contributed by atoms with Crippen molar-refractivity contribution in [2.45, 2.75) is 33.2 Å². The van der Waals surface area contributed by atoms with Crippen molar-refractivity contribution in [2.24, 2.45) is 0 Å². The molecule has 2 heterocycles. The van der Waals surface area contributed by atoms with E-state index in [0.29, 0.717) is 39.9 Å². The van der Waals surface area contributed by atoms with Crippen molar-refractivity contribution in [2.75, 3.05) is 6.54 Å². The molecular formula is C26H24N2O5S. The number of nitrogens with zero attached hydrogens (tertiary/aromatic N) is 2. The molecule has 0 aliphatic carbocycles. The fourth-order valence-electron chi connectivity index (χ4n) is 4.02. The Morgan fingerprint density at radius 3 is 2.41 bits per heavy atom. The maximum Gasteiger partial charge on any atom is 0.308 e. The van der Waals surface area contributed by atoms with Crippen molar-refractivity contribution < 1.29 is 24.2 Å². The molecule has 0 fully saturated rings. The highest BCUT2D eigenvalue weighted by atomic mass is 32.1. The van der Waals surface area contributed by atoms with Crippen molar-refractivity contribution in [3.05, 3.63) is 82.1 Å². The van der Waals surface area contributed by atoms with Crippen LogP contribution in [0.2, 0.25) is 0 Å². The molecule has 1 aliphatic rings. The van der Waals surface area contributed by atoms with E-state index in [2.05, 4.69) is 4.98 Å². The Labute approximate surface area is 201 Å². The van der Waals surface area contributed by atoms with E-state index in [1.807, 2.05) is 37.3 Å². The van der Waals surface area contributed by atoms with Gasteiger partial charge in [0.15, 0.2) is 5.76 Å². The predicted octanol–water partition coefficient (Wildman–Crippen LogP) is 5.03. The Morgan fingerprint density at radius 1 is 1.12 bits per heavy atom. The minimum atomic E-state index is -0.756. The van der Waals surface area contributed by atoms with Crippen molar-refractivity contribution in [3.63, 3.8) is 0 Å². The van der Waals surface area contributed by atoms with E-state index < -0.39 is 29.5 Å². The molecule has 0 spiro atoms. The van der Waals surface area contributed by atoms with Gasteiger partial charge in [0, 0.05) is 19.0 Å². The minimum absolute atomic E-state index is 0.0325. The largest absolute Gasteiger partial charge is 0.503 e. The van der Waals surface area contributed by atoms with E-state index >= 15 is 0 Å². The normalized spacial score (nSPS) is 15.7. The molecule has 34 heavy (non-hydrogen) atoms. The zero-order valence-electron chi connectivity index (χ0n) is 19.1. The molecule has 1 unspecified atom stereocenters. The second-order valence-electron chi connectivity index (χ2n) is 7.95. The van der Waals surface area contributed by atoms with Crippen LogP contribution >= 0.6 is 11.3 Å². The SMILES string of the molecule is CCCN1C(=O)C(O)=C(C(=O)c2sc(-c3ccccc3)nc2C)C1c1ccc(OC(C)=O)cc1. The van der Waals surface area contributed by atoms with Gasteiger partial charge >= 0.3 is 5.97 Å². The van der Waals surface area contributed by atoms with Crippen LogP contribution in [0.1, 0.15) is 47.2 Å². The van der Waals surface area contributed by atoms with Gasteiger partial charge in [-0.15, -0.1) is 11.3 Å². The van der Waals surface area contributed by atoms with Crippen LogP contribution in [0.5, 0.6) is 5.75 Å². The van der Waals surface area contributed by atoms with Gasteiger partial charge in [0.25, 0.3) is 5.91 Å². The Balaban J connectivity index is 1.75. The van der Waals surface area contributed by atoms with E-state index in [1.165, 1.54) is 23.2 Å². The smallest absolute Gasteiger partial charge is 0.308 e. The number of amides is 1. The molecule has 8 heteroatoms. The third-order valence-corrected chi connectivity index (χ3v) is 6.70. The summed E-state index contributed by atoms with van der Waals surface area (Å²) in [5.74, 6) is -1.63. The van der Waals surface area contributed by atoms with E-state index in [4.69, 9.17) is 4.74 Å². The van der Waals surface area contributed by atoms with Crippen LogP contribution in [0, 0.1) is 6.92 Å². The Bertz CT molecular complexity index is 1280. The summed E-state index contributed by atoms with van der Waals surface area (Å²) in [5, 5.41) is 11.5. The number of carbonyl (C=O) groups is 3. The van der Waals surface area contributed by atoms with Crippen molar-refractivity contribution >= 4 is 29.0 Å². The average molecular weight is 477 g/mol. The maximum atomic E-state index is 13.7. The van der Waals surface area contributed by atoms with E-state index in [9.17, 15) is 19.5 Å². The molecule has 3 aromatic rings. The van der Waals surface area contributed by atoms with E-state index in [0.717, 1.165) is 5.56 Å². The van der Waals surface area contributed by atoms with Crippen molar-refractivity contribution in [1.82, 2.24) is 9.88 Å². The van der Waals surface area contributed by atoms with E-state index in [1.54, 1.807) is 31.2 Å². The Hall–Kier alpha value is -3.78. The first-order chi connectivity index (χ1) is 16.3. The lowest BCUT2D eigenvalue weighted by atomic mass is 9.95. The number of aryl methyl sites for hydroxylation is 1. The number of hydrogen-bond donors (Lipinski definition) is 1. The van der Waals surface area contributed by atoms with Gasteiger partial charge in [-0.1, -0.05) is 49.4 Å². The van der Waals surface area contributed by atoms with Gasteiger partial charge in [-0.2, -0.15) is 0 Å². The first-order valence-corrected chi connectivity index (χ1v) is 11.7. The molecule has 0 bridgehead atoms.